The van der Waals surface area contributed by atoms with Crippen molar-refractivity contribution in [3.63, 3.8) is 0 Å². The van der Waals surface area contributed by atoms with E-state index < -0.39 is 0 Å². The fraction of sp³-hybridized carbons (Fsp3) is 0.250. The maximum atomic E-state index is 11.4. The quantitative estimate of drug-likeness (QED) is 0.781. The molecule has 0 saturated carbocycles. The summed E-state index contributed by atoms with van der Waals surface area (Å²) in [5.41, 5.74) is 1.69. The number of benzene rings is 1. The van der Waals surface area contributed by atoms with Crippen molar-refractivity contribution >= 4 is 5.91 Å². The number of carbonyl (C=O) groups excluding carboxylic acids is 1. The number of amides is 1. The normalized spacial score (nSPS) is 10.3. The zero-order chi connectivity index (χ0) is 12.8. The van der Waals surface area contributed by atoms with Crippen LogP contribution in [0.4, 0.5) is 0 Å². The second kappa shape index (κ2) is 5.92. The molecule has 2 aromatic rings. The molecule has 0 atom stereocenters. The molecule has 6 heteroatoms. The number of aliphatic hydroxyl groups excluding tert-OH is 1. The average molecular weight is 246 g/mol. The lowest BCUT2D eigenvalue weighted by atomic mass is 10.2. The summed E-state index contributed by atoms with van der Waals surface area (Å²) in [6.07, 6.45) is 1.72. The summed E-state index contributed by atoms with van der Waals surface area (Å²) in [7, 11) is 0. The number of hydrogen-bond donors (Lipinski definition) is 2. The van der Waals surface area contributed by atoms with Crippen molar-refractivity contribution in [1.29, 1.82) is 0 Å². The second-order valence-corrected chi connectivity index (χ2v) is 3.74. The fourth-order valence-electron chi connectivity index (χ4n) is 1.52. The Balaban J connectivity index is 2.00. The number of carbonyl (C=O) groups is 1. The Hall–Kier alpha value is -2.21. The van der Waals surface area contributed by atoms with Crippen LogP contribution in [0, 0.1) is 0 Å². The molecule has 1 aromatic carbocycles. The minimum atomic E-state index is -0.200. The van der Waals surface area contributed by atoms with Crippen molar-refractivity contribution in [1.82, 2.24) is 20.3 Å². The molecule has 0 unspecified atom stereocenters. The highest BCUT2D eigenvalue weighted by Crippen LogP contribution is 2.14. The van der Waals surface area contributed by atoms with E-state index in [0.717, 1.165) is 11.3 Å². The predicted octanol–water partition coefficient (Wildman–Crippen LogP) is 0.0536. The van der Waals surface area contributed by atoms with E-state index in [9.17, 15) is 4.79 Å². The van der Waals surface area contributed by atoms with Gasteiger partial charge in [0.1, 0.15) is 12.2 Å². The molecule has 1 heterocycles. The first-order valence-corrected chi connectivity index (χ1v) is 5.62. The van der Waals surface area contributed by atoms with Gasteiger partial charge in [0, 0.05) is 12.1 Å². The van der Waals surface area contributed by atoms with Crippen LogP contribution in [0.5, 0.6) is 0 Å². The Morgan fingerprint density at radius 2 is 2.11 bits per heavy atom. The van der Waals surface area contributed by atoms with E-state index in [1.165, 1.54) is 4.68 Å². The Labute approximate surface area is 104 Å². The molecule has 0 aliphatic carbocycles. The molecule has 2 N–H and O–H groups in total. The number of nitrogens with zero attached hydrogens (tertiary/aromatic N) is 3. The van der Waals surface area contributed by atoms with Crippen molar-refractivity contribution in [2.45, 2.75) is 6.54 Å². The number of aromatic nitrogens is 3. The zero-order valence-corrected chi connectivity index (χ0v) is 9.78. The van der Waals surface area contributed by atoms with Gasteiger partial charge in [-0.05, 0) is 0 Å². The first-order chi connectivity index (χ1) is 8.79. The molecule has 0 spiro atoms. The lowest BCUT2D eigenvalue weighted by Gasteiger charge is -2.01. The molecule has 94 valence electrons. The highest BCUT2D eigenvalue weighted by atomic mass is 16.3. The van der Waals surface area contributed by atoms with Gasteiger partial charge < -0.3 is 10.4 Å². The van der Waals surface area contributed by atoms with Crippen molar-refractivity contribution in [2.75, 3.05) is 13.2 Å². The standard InChI is InChI=1S/C12H14N4O2/c17-7-6-13-12(18)9-16-8-11(14-15-16)10-4-2-1-3-5-10/h1-5,8,17H,6-7,9H2,(H,13,18). The Morgan fingerprint density at radius 1 is 1.33 bits per heavy atom. The van der Waals surface area contributed by atoms with Crippen LogP contribution >= 0.6 is 0 Å². The van der Waals surface area contributed by atoms with E-state index in [2.05, 4.69) is 15.6 Å². The number of aliphatic hydroxyl groups is 1. The topological polar surface area (TPSA) is 80.0 Å². The van der Waals surface area contributed by atoms with E-state index in [-0.39, 0.29) is 25.6 Å². The lowest BCUT2D eigenvalue weighted by molar-refractivity contribution is -0.122. The molecule has 0 saturated heterocycles. The molecule has 0 fully saturated rings. The van der Waals surface area contributed by atoms with E-state index in [1.54, 1.807) is 6.20 Å². The molecule has 1 amide bonds. The van der Waals surface area contributed by atoms with Crippen LogP contribution < -0.4 is 5.32 Å². The van der Waals surface area contributed by atoms with Crippen molar-refractivity contribution in [2.24, 2.45) is 0 Å². The van der Waals surface area contributed by atoms with E-state index >= 15 is 0 Å². The molecule has 2 rings (SSSR count). The van der Waals surface area contributed by atoms with Crippen molar-refractivity contribution in [3.05, 3.63) is 36.5 Å². The van der Waals surface area contributed by atoms with Crippen LogP contribution in [-0.2, 0) is 11.3 Å². The lowest BCUT2D eigenvalue weighted by Crippen LogP contribution is -2.30. The molecular formula is C12H14N4O2. The molecule has 0 aliphatic rings. The highest BCUT2D eigenvalue weighted by Gasteiger charge is 2.06. The summed E-state index contributed by atoms with van der Waals surface area (Å²) < 4.78 is 1.47. The Morgan fingerprint density at radius 3 is 2.83 bits per heavy atom. The van der Waals surface area contributed by atoms with Crippen molar-refractivity contribution < 1.29 is 9.90 Å². The minimum Gasteiger partial charge on any atom is -0.395 e. The van der Waals surface area contributed by atoms with Gasteiger partial charge in [0.2, 0.25) is 5.91 Å². The molecule has 6 nitrogen and oxygen atoms in total. The van der Waals surface area contributed by atoms with Gasteiger partial charge in [-0.3, -0.25) is 4.79 Å². The predicted molar refractivity (Wildman–Crippen MR) is 65.6 cm³/mol. The largest absolute Gasteiger partial charge is 0.395 e. The minimum absolute atomic E-state index is 0.0711. The second-order valence-electron chi connectivity index (χ2n) is 3.74. The SMILES string of the molecule is O=C(Cn1cc(-c2ccccc2)nn1)NCCO. The molecule has 0 bridgehead atoms. The summed E-state index contributed by atoms with van der Waals surface area (Å²) in [5, 5.41) is 19.0. The van der Waals surface area contributed by atoms with E-state index in [0.29, 0.717) is 0 Å². The van der Waals surface area contributed by atoms with Crippen LogP contribution in [0.1, 0.15) is 0 Å². The maximum absolute atomic E-state index is 11.4. The van der Waals surface area contributed by atoms with Crippen LogP contribution in [0.3, 0.4) is 0 Å². The monoisotopic (exact) mass is 246 g/mol. The van der Waals surface area contributed by atoms with E-state index in [1.807, 2.05) is 30.3 Å². The van der Waals surface area contributed by atoms with Crippen LogP contribution in [0.25, 0.3) is 11.3 Å². The fourth-order valence-corrected chi connectivity index (χ4v) is 1.52. The Bertz CT molecular complexity index is 510. The van der Waals surface area contributed by atoms with Crippen LogP contribution in [0.2, 0.25) is 0 Å². The third-order valence-corrected chi connectivity index (χ3v) is 2.35. The van der Waals surface area contributed by atoms with Gasteiger partial charge in [0.15, 0.2) is 0 Å². The third kappa shape index (κ3) is 3.14. The molecule has 1 aromatic heterocycles. The zero-order valence-electron chi connectivity index (χ0n) is 9.78. The smallest absolute Gasteiger partial charge is 0.241 e. The first-order valence-electron chi connectivity index (χ1n) is 5.62. The van der Waals surface area contributed by atoms with Gasteiger partial charge in [-0.25, -0.2) is 4.68 Å². The Kier molecular flexibility index (Phi) is 4.03. The van der Waals surface area contributed by atoms with Crippen LogP contribution in [-0.4, -0.2) is 39.2 Å². The molecule has 0 aliphatic heterocycles. The number of rotatable bonds is 5. The maximum Gasteiger partial charge on any atom is 0.241 e. The average Bonchev–Trinajstić information content (AvgIpc) is 2.86. The van der Waals surface area contributed by atoms with Crippen LogP contribution in [0.15, 0.2) is 36.5 Å². The van der Waals surface area contributed by atoms with Gasteiger partial charge in [-0.2, -0.15) is 0 Å². The summed E-state index contributed by atoms with van der Waals surface area (Å²) in [4.78, 5) is 11.4. The van der Waals surface area contributed by atoms with Gasteiger partial charge >= 0.3 is 0 Å². The summed E-state index contributed by atoms with van der Waals surface area (Å²) in [6, 6.07) is 9.63. The summed E-state index contributed by atoms with van der Waals surface area (Å²) >= 11 is 0. The van der Waals surface area contributed by atoms with Gasteiger partial charge in [0.05, 0.1) is 12.8 Å². The van der Waals surface area contributed by atoms with Gasteiger partial charge in [-0.1, -0.05) is 35.5 Å². The number of hydrogen-bond acceptors (Lipinski definition) is 4. The molecule has 0 radical (unpaired) electrons. The molecular weight excluding hydrogens is 232 g/mol. The third-order valence-electron chi connectivity index (χ3n) is 2.35. The van der Waals surface area contributed by atoms with E-state index in [4.69, 9.17) is 5.11 Å². The van der Waals surface area contributed by atoms with Gasteiger partial charge in [0.25, 0.3) is 0 Å². The summed E-state index contributed by atoms with van der Waals surface area (Å²) in [6.45, 7) is 0.275. The first kappa shape index (κ1) is 12.3. The molecule has 18 heavy (non-hydrogen) atoms. The summed E-state index contributed by atoms with van der Waals surface area (Å²) in [5.74, 6) is -0.200. The highest BCUT2D eigenvalue weighted by molar-refractivity contribution is 5.75. The van der Waals surface area contributed by atoms with Gasteiger partial charge in [-0.15, -0.1) is 5.10 Å². The number of nitrogens with one attached hydrogen (secondary N) is 1. The van der Waals surface area contributed by atoms with Crippen molar-refractivity contribution in [3.8, 4) is 11.3 Å².